The van der Waals surface area contributed by atoms with Crippen molar-refractivity contribution in [2.45, 2.75) is 23.8 Å². The molecule has 1 aromatic heterocycles. The third-order valence-electron chi connectivity index (χ3n) is 5.42. The topological polar surface area (TPSA) is 82.6 Å². The third-order valence-corrected chi connectivity index (χ3v) is 7.31. The third kappa shape index (κ3) is 5.21. The first-order valence-corrected chi connectivity index (χ1v) is 11.3. The number of carbonyl (C=O) groups is 1. The maximum Gasteiger partial charge on any atom is 0.244 e. The van der Waals surface area contributed by atoms with Crippen molar-refractivity contribution in [3.05, 3.63) is 60.2 Å². The van der Waals surface area contributed by atoms with Crippen LogP contribution >= 0.6 is 0 Å². The van der Waals surface area contributed by atoms with E-state index < -0.39 is 10.0 Å². The Hall–Kier alpha value is -2.36. The SMILES string of the molecule is CN(C)C(CNC(=O)C1CCN(S(=O)(=O)c2cccnc2)CC1)c1cccc(F)c1. The summed E-state index contributed by atoms with van der Waals surface area (Å²) in [6.07, 6.45) is 3.78. The van der Waals surface area contributed by atoms with Gasteiger partial charge in [-0.05, 0) is 56.8 Å². The fourth-order valence-electron chi connectivity index (χ4n) is 3.66. The Morgan fingerprint density at radius 2 is 2.00 bits per heavy atom. The molecule has 1 N–H and O–H groups in total. The lowest BCUT2D eigenvalue weighted by molar-refractivity contribution is -0.126. The molecule has 1 fully saturated rings. The first-order chi connectivity index (χ1) is 14.3. The van der Waals surface area contributed by atoms with Crippen LogP contribution in [0.15, 0.2) is 53.7 Å². The quantitative estimate of drug-likeness (QED) is 0.721. The van der Waals surface area contributed by atoms with Crippen LogP contribution in [0, 0.1) is 11.7 Å². The van der Waals surface area contributed by atoms with Crippen LogP contribution in [-0.4, -0.2) is 62.2 Å². The molecule has 3 rings (SSSR count). The van der Waals surface area contributed by atoms with Gasteiger partial charge in [0, 0.05) is 37.9 Å². The molecule has 1 aromatic carbocycles. The van der Waals surface area contributed by atoms with E-state index in [-0.39, 0.29) is 41.7 Å². The number of rotatable bonds is 7. The lowest BCUT2D eigenvalue weighted by atomic mass is 9.97. The summed E-state index contributed by atoms with van der Waals surface area (Å²) in [5.74, 6) is -0.662. The molecule has 1 amide bonds. The van der Waals surface area contributed by atoms with Crippen LogP contribution in [0.2, 0.25) is 0 Å². The van der Waals surface area contributed by atoms with E-state index >= 15 is 0 Å². The number of aromatic nitrogens is 1. The number of carbonyl (C=O) groups excluding carboxylic acids is 1. The minimum atomic E-state index is -3.59. The van der Waals surface area contributed by atoms with Crippen molar-refractivity contribution in [2.75, 3.05) is 33.7 Å². The Morgan fingerprint density at radius 3 is 2.60 bits per heavy atom. The number of nitrogens with one attached hydrogen (secondary N) is 1. The van der Waals surface area contributed by atoms with E-state index in [0.29, 0.717) is 19.4 Å². The van der Waals surface area contributed by atoms with Crippen molar-refractivity contribution in [1.29, 1.82) is 0 Å². The largest absolute Gasteiger partial charge is 0.354 e. The van der Waals surface area contributed by atoms with Gasteiger partial charge in [0.2, 0.25) is 15.9 Å². The van der Waals surface area contributed by atoms with Crippen LogP contribution in [0.25, 0.3) is 0 Å². The van der Waals surface area contributed by atoms with E-state index in [1.165, 1.54) is 34.9 Å². The lowest BCUT2D eigenvalue weighted by Gasteiger charge is -2.31. The predicted molar refractivity (Wildman–Crippen MR) is 112 cm³/mol. The van der Waals surface area contributed by atoms with Crippen LogP contribution in [-0.2, 0) is 14.8 Å². The normalized spacial score (nSPS) is 17.1. The van der Waals surface area contributed by atoms with E-state index in [0.717, 1.165) is 5.56 Å². The molecule has 7 nitrogen and oxygen atoms in total. The van der Waals surface area contributed by atoms with Crippen LogP contribution in [0.4, 0.5) is 4.39 Å². The number of benzene rings is 1. The summed E-state index contributed by atoms with van der Waals surface area (Å²) >= 11 is 0. The summed E-state index contributed by atoms with van der Waals surface area (Å²) in [6, 6.07) is 9.31. The van der Waals surface area contributed by atoms with E-state index in [9.17, 15) is 17.6 Å². The Balaban J connectivity index is 1.56. The molecular formula is C21H27FN4O3S. The van der Waals surface area contributed by atoms with Gasteiger partial charge in [-0.2, -0.15) is 4.31 Å². The summed E-state index contributed by atoms with van der Waals surface area (Å²) in [7, 11) is 0.166. The van der Waals surface area contributed by atoms with Crippen LogP contribution in [0.5, 0.6) is 0 Å². The highest BCUT2D eigenvalue weighted by Crippen LogP contribution is 2.24. The zero-order chi connectivity index (χ0) is 21.7. The molecule has 162 valence electrons. The Bertz CT molecular complexity index is 961. The Kier molecular flexibility index (Phi) is 7.17. The lowest BCUT2D eigenvalue weighted by Crippen LogP contribution is -2.44. The maximum atomic E-state index is 13.6. The second kappa shape index (κ2) is 9.63. The van der Waals surface area contributed by atoms with Gasteiger partial charge >= 0.3 is 0 Å². The van der Waals surface area contributed by atoms with Crippen LogP contribution in [0.3, 0.4) is 0 Å². The van der Waals surface area contributed by atoms with Gasteiger partial charge in [0.25, 0.3) is 0 Å². The highest BCUT2D eigenvalue weighted by molar-refractivity contribution is 7.89. The minimum absolute atomic E-state index is 0.100. The van der Waals surface area contributed by atoms with Crippen LogP contribution in [0.1, 0.15) is 24.4 Å². The van der Waals surface area contributed by atoms with E-state index in [4.69, 9.17) is 0 Å². The number of halogens is 1. The summed E-state index contributed by atoms with van der Waals surface area (Å²) in [4.78, 5) is 18.6. The number of hydrogen-bond donors (Lipinski definition) is 1. The minimum Gasteiger partial charge on any atom is -0.354 e. The number of nitrogens with zero attached hydrogens (tertiary/aromatic N) is 3. The molecule has 0 bridgehead atoms. The number of pyridine rings is 1. The molecule has 1 atom stereocenters. The summed E-state index contributed by atoms with van der Waals surface area (Å²) in [5.41, 5.74) is 0.790. The smallest absolute Gasteiger partial charge is 0.244 e. The molecule has 1 aliphatic rings. The molecule has 0 spiro atoms. The molecule has 9 heteroatoms. The van der Waals surface area contributed by atoms with E-state index in [2.05, 4.69) is 10.3 Å². The van der Waals surface area contributed by atoms with Gasteiger partial charge in [0.15, 0.2) is 0 Å². The van der Waals surface area contributed by atoms with Gasteiger partial charge in [-0.3, -0.25) is 9.78 Å². The molecule has 0 aliphatic carbocycles. The average molecular weight is 435 g/mol. The average Bonchev–Trinajstić information content (AvgIpc) is 2.74. The number of piperidine rings is 1. The molecule has 0 radical (unpaired) electrons. The van der Waals surface area contributed by atoms with Gasteiger partial charge < -0.3 is 10.2 Å². The Morgan fingerprint density at radius 1 is 1.27 bits per heavy atom. The fourth-order valence-corrected chi connectivity index (χ4v) is 5.10. The maximum absolute atomic E-state index is 13.6. The highest BCUT2D eigenvalue weighted by atomic mass is 32.2. The first kappa shape index (κ1) is 22.3. The van der Waals surface area contributed by atoms with Gasteiger partial charge in [-0.1, -0.05) is 12.1 Å². The monoisotopic (exact) mass is 434 g/mol. The van der Waals surface area contributed by atoms with Gasteiger partial charge in [-0.15, -0.1) is 0 Å². The molecular weight excluding hydrogens is 407 g/mol. The predicted octanol–water partition coefficient (Wildman–Crippen LogP) is 2.04. The second-order valence-corrected chi connectivity index (χ2v) is 9.58. The molecule has 2 aromatic rings. The standard InChI is InChI=1S/C21H27FN4O3S/c1-25(2)20(17-5-3-6-18(22)13-17)15-24-21(27)16-8-11-26(12-9-16)30(28,29)19-7-4-10-23-14-19/h3-7,10,13-14,16,20H,8-9,11-12,15H2,1-2H3,(H,24,27). The molecule has 1 aliphatic heterocycles. The van der Waals surface area contributed by atoms with Crippen molar-refractivity contribution in [3.63, 3.8) is 0 Å². The zero-order valence-electron chi connectivity index (χ0n) is 17.2. The van der Waals surface area contributed by atoms with Crippen molar-refractivity contribution in [3.8, 4) is 0 Å². The zero-order valence-corrected chi connectivity index (χ0v) is 18.0. The number of amides is 1. The van der Waals surface area contributed by atoms with Gasteiger partial charge in [0.1, 0.15) is 10.7 Å². The van der Waals surface area contributed by atoms with Gasteiger partial charge in [0.05, 0.1) is 6.04 Å². The van der Waals surface area contributed by atoms with Crippen molar-refractivity contribution in [2.24, 2.45) is 5.92 Å². The Labute approximate surface area is 177 Å². The van der Waals surface area contributed by atoms with Crippen molar-refractivity contribution in [1.82, 2.24) is 19.5 Å². The first-order valence-electron chi connectivity index (χ1n) is 9.89. The number of sulfonamides is 1. The molecule has 1 unspecified atom stereocenters. The summed E-state index contributed by atoms with van der Waals surface area (Å²) in [5, 5.41) is 2.96. The molecule has 0 saturated carbocycles. The van der Waals surface area contributed by atoms with E-state index in [1.54, 1.807) is 12.1 Å². The molecule has 2 heterocycles. The van der Waals surface area contributed by atoms with Gasteiger partial charge in [-0.25, -0.2) is 12.8 Å². The number of hydrogen-bond acceptors (Lipinski definition) is 5. The number of likely N-dealkylation sites (N-methyl/N-ethyl adjacent to an activating group) is 1. The summed E-state index contributed by atoms with van der Waals surface area (Å²) in [6.45, 7) is 0.927. The van der Waals surface area contributed by atoms with E-state index in [1.807, 2.05) is 25.1 Å². The van der Waals surface area contributed by atoms with Crippen molar-refractivity contribution < 1.29 is 17.6 Å². The van der Waals surface area contributed by atoms with Crippen LogP contribution < -0.4 is 5.32 Å². The highest BCUT2D eigenvalue weighted by Gasteiger charge is 2.32. The second-order valence-electron chi connectivity index (χ2n) is 7.65. The molecule has 1 saturated heterocycles. The fraction of sp³-hybridized carbons (Fsp3) is 0.429. The molecule has 30 heavy (non-hydrogen) atoms. The summed E-state index contributed by atoms with van der Waals surface area (Å²) < 4.78 is 40.4. The van der Waals surface area contributed by atoms with Crippen molar-refractivity contribution >= 4 is 15.9 Å².